The zero-order chi connectivity index (χ0) is 30.8. The van der Waals surface area contributed by atoms with Gasteiger partial charge < -0.3 is 14.7 Å². The van der Waals surface area contributed by atoms with Crippen molar-refractivity contribution in [1.29, 1.82) is 0 Å². The van der Waals surface area contributed by atoms with Crippen LogP contribution in [-0.4, -0.2) is 33.0 Å². The Labute approximate surface area is 282 Å². The van der Waals surface area contributed by atoms with Gasteiger partial charge in [-0.25, -0.2) is 14.8 Å². The van der Waals surface area contributed by atoms with Crippen LogP contribution in [0.4, 0.5) is 0 Å². The number of hydrogen-bond acceptors (Lipinski definition) is 5. The summed E-state index contributed by atoms with van der Waals surface area (Å²) in [5.41, 5.74) is 10.9. The molecule has 6 nitrogen and oxygen atoms in total. The van der Waals surface area contributed by atoms with Gasteiger partial charge in [0.1, 0.15) is 0 Å². The minimum Gasteiger partial charge on any atom is -0.465 e. The van der Waals surface area contributed by atoms with Crippen LogP contribution in [0.15, 0.2) is 72.8 Å². The fourth-order valence-electron chi connectivity index (χ4n) is 5.87. The number of aromatic amines is 2. The molecule has 0 unspecified atom stereocenters. The van der Waals surface area contributed by atoms with Gasteiger partial charge in [-0.05, 0) is 103 Å². The van der Waals surface area contributed by atoms with Crippen LogP contribution in [0.1, 0.15) is 70.6 Å². The molecule has 2 aliphatic heterocycles. The Kier molecular flexibility index (Phi) is 9.50. The number of unbranched alkanes of at least 4 members (excludes halogenated alkanes) is 3. The normalized spacial score (nSPS) is 11.9. The predicted octanol–water partition coefficient (Wildman–Crippen LogP) is 9.96. The van der Waals surface area contributed by atoms with Gasteiger partial charge >= 0.3 is 23.0 Å². The van der Waals surface area contributed by atoms with Crippen LogP contribution in [0.25, 0.3) is 67.9 Å². The Morgan fingerprint density at radius 2 is 1.46 bits per heavy atom. The maximum Gasteiger partial charge on any atom is 2.00 e. The number of benzene rings is 1. The van der Waals surface area contributed by atoms with Crippen molar-refractivity contribution in [3.05, 3.63) is 106 Å². The molecule has 8 heteroatoms. The van der Waals surface area contributed by atoms with E-state index >= 15 is 0 Å². The first-order valence-corrected chi connectivity index (χ1v) is 16.3. The number of aromatic nitrogens is 4. The van der Waals surface area contributed by atoms with Gasteiger partial charge in [-0.1, -0.05) is 38.3 Å². The molecule has 46 heavy (non-hydrogen) atoms. The van der Waals surface area contributed by atoms with Crippen molar-refractivity contribution in [2.75, 3.05) is 7.11 Å². The summed E-state index contributed by atoms with van der Waals surface area (Å²) in [4.78, 5) is 32.0. The molecule has 4 aromatic heterocycles. The van der Waals surface area contributed by atoms with E-state index in [2.05, 4.69) is 59.4 Å². The first kappa shape index (κ1) is 31.5. The second-order valence-electron chi connectivity index (χ2n) is 11.4. The summed E-state index contributed by atoms with van der Waals surface area (Å²) in [7, 11) is 1.40. The molecule has 6 heterocycles. The van der Waals surface area contributed by atoms with E-state index < -0.39 is 0 Å². The Hall–Kier alpha value is -4.49. The zero-order valence-electron chi connectivity index (χ0n) is 25.7. The molecule has 0 amide bonds. The number of ether oxygens (including phenoxy) is 1. The molecule has 8 bridgehead atoms. The third kappa shape index (κ3) is 6.70. The van der Waals surface area contributed by atoms with Crippen molar-refractivity contribution >= 4 is 63.7 Å². The van der Waals surface area contributed by atoms with Crippen molar-refractivity contribution in [2.45, 2.75) is 39.0 Å². The van der Waals surface area contributed by atoms with Gasteiger partial charge in [-0.2, -0.15) is 0 Å². The summed E-state index contributed by atoms with van der Waals surface area (Å²) >= 11 is 1.85. The molecule has 5 aromatic rings. The number of aryl methyl sites for hydroxylation is 1. The van der Waals surface area contributed by atoms with Gasteiger partial charge in [0.05, 0.1) is 41.0 Å². The van der Waals surface area contributed by atoms with Crippen LogP contribution in [0.5, 0.6) is 0 Å². The molecule has 0 aliphatic carbocycles. The Bertz CT molecular complexity index is 2120. The van der Waals surface area contributed by atoms with Crippen molar-refractivity contribution in [1.82, 2.24) is 19.9 Å². The summed E-state index contributed by atoms with van der Waals surface area (Å²) in [6, 6.07) is 24.6. The Balaban J connectivity index is 0.00000372. The maximum absolute atomic E-state index is 12.3. The molecule has 0 saturated heterocycles. The van der Waals surface area contributed by atoms with E-state index in [4.69, 9.17) is 14.7 Å². The van der Waals surface area contributed by atoms with E-state index in [0.717, 1.165) is 68.0 Å². The number of thiophene rings is 1. The molecular weight excluding hydrogens is 640 g/mol. The molecule has 233 valence electrons. The van der Waals surface area contributed by atoms with Crippen LogP contribution in [0.2, 0.25) is 0 Å². The second-order valence-corrected chi connectivity index (χ2v) is 12.6. The number of hydrogen-bond donors (Lipinski definition) is 2. The third-order valence-electron chi connectivity index (χ3n) is 8.13. The average molecular weight is 674 g/mol. The fraction of sp³-hybridized carbons (Fsp3) is 0.184. The van der Waals surface area contributed by atoms with Gasteiger partial charge in [-0.15, -0.1) is 11.3 Å². The van der Waals surface area contributed by atoms with Gasteiger partial charge in [0.15, 0.2) is 0 Å². The largest absolute Gasteiger partial charge is 2.00 e. The number of esters is 1. The van der Waals surface area contributed by atoms with Crippen LogP contribution in [-0.2, 0) is 28.2 Å². The molecule has 2 N–H and O–H groups in total. The van der Waals surface area contributed by atoms with Crippen LogP contribution < -0.4 is 0 Å². The number of H-pyrrole nitrogens is 2. The number of carbonyl (C=O) groups excluding carboxylic acids is 1. The number of fused-ring (bicyclic) bond motifs is 8. The molecular formula is C38H34CuN4O2S+2. The Morgan fingerprint density at radius 3 is 2.17 bits per heavy atom. The summed E-state index contributed by atoms with van der Waals surface area (Å²) in [6.45, 7) is 2.25. The summed E-state index contributed by atoms with van der Waals surface area (Å²) in [5, 5.41) is 0. The minimum absolute atomic E-state index is 0. The second kappa shape index (κ2) is 13.9. The predicted molar refractivity (Wildman–Crippen MR) is 187 cm³/mol. The van der Waals surface area contributed by atoms with Crippen LogP contribution in [0.3, 0.4) is 0 Å². The topological polar surface area (TPSA) is 83.7 Å². The van der Waals surface area contributed by atoms with Crippen molar-refractivity contribution in [2.24, 2.45) is 0 Å². The van der Waals surface area contributed by atoms with Gasteiger partial charge in [0.2, 0.25) is 0 Å². The van der Waals surface area contributed by atoms with Crippen LogP contribution in [0, 0.1) is 0 Å². The van der Waals surface area contributed by atoms with Gasteiger partial charge in [0, 0.05) is 37.4 Å². The van der Waals surface area contributed by atoms with Gasteiger partial charge in [-0.3, -0.25) is 0 Å². The van der Waals surface area contributed by atoms with Gasteiger partial charge in [0.25, 0.3) is 0 Å². The maximum atomic E-state index is 12.3. The smallest absolute Gasteiger partial charge is 0.465 e. The number of methoxy groups -OCH3 is 1. The molecule has 1 aromatic carbocycles. The van der Waals surface area contributed by atoms with E-state index in [9.17, 15) is 4.79 Å². The quantitative estimate of drug-likeness (QED) is 0.0955. The van der Waals surface area contributed by atoms with Crippen molar-refractivity contribution in [3.63, 3.8) is 0 Å². The third-order valence-corrected chi connectivity index (χ3v) is 9.31. The summed E-state index contributed by atoms with van der Waals surface area (Å²) < 4.78 is 4.96. The fourth-order valence-corrected chi connectivity index (χ4v) is 6.94. The monoisotopic (exact) mass is 673 g/mol. The van der Waals surface area contributed by atoms with E-state index in [1.54, 1.807) is 0 Å². The van der Waals surface area contributed by atoms with Crippen molar-refractivity contribution in [3.8, 4) is 21.6 Å². The van der Waals surface area contributed by atoms with E-state index in [1.807, 2.05) is 66.0 Å². The number of nitrogens with one attached hydrogen (secondary N) is 2. The van der Waals surface area contributed by atoms with E-state index in [-0.39, 0.29) is 23.0 Å². The average Bonchev–Trinajstić information content (AvgIpc) is 3.89. The minimum atomic E-state index is -0.362. The van der Waals surface area contributed by atoms with Crippen LogP contribution >= 0.6 is 11.3 Å². The summed E-state index contributed by atoms with van der Waals surface area (Å²) in [6.07, 6.45) is 14.3. The first-order chi connectivity index (χ1) is 22.1. The molecule has 1 radical (unpaired) electrons. The first-order valence-electron chi connectivity index (χ1n) is 15.5. The molecule has 0 spiro atoms. The van der Waals surface area contributed by atoms with Crippen molar-refractivity contribution < 1.29 is 26.6 Å². The number of carbonyl (C=O) groups is 1. The zero-order valence-corrected chi connectivity index (χ0v) is 27.5. The molecule has 2 aliphatic rings. The SMILES string of the molecule is CCCCCCc1ccc(-c2cc3cc4nc(cc5ccc(cc6nc(c(-c7ccc(C(=O)OC)cc7)c2[nH]3)C=C6)[nH]5)C=C4)s1.[Cu+2]. The molecule has 0 fully saturated rings. The van der Waals surface area contributed by atoms with E-state index in [1.165, 1.54) is 42.5 Å². The number of rotatable bonds is 8. The van der Waals surface area contributed by atoms with E-state index in [0.29, 0.717) is 5.56 Å². The molecule has 0 saturated carbocycles. The molecule has 7 rings (SSSR count). The molecule has 0 atom stereocenters. The number of nitrogens with zero attached hydrogens (tertiary/aromatic N) is 2. The standard InChI is InChI=1S/C38H34N4O2S.Cu/c1-3-4-5-6-7-32-17-19-35(45-32)33-23-31-22-29-15-14-27(40-29)20-26-12-13-28(39-26)21-30-16-18-34(41-30)36(37(33)42-31)24-8-10-25(11-9-24)38(43)44-2;/h8-23,39,42H,3-7H2,1-2H3;/q;+2. The Morgan fingerprint density at radius 1 is 0.761 bits per heavy atom. The summed E-state index contributed by atoms with van der Waals surface area (Å²) in [5.74, 6) is -0.362.